The molecule has 8 fully saturated rings. The smallest absolute Gasteiger partial charge is 0.0596 e. The molecule has 234 valence electrons. The first-order valence-electron chi connectivity index (χ1n) is 18.5. The van der Waals surface area contributed by atoms with Crippen LogP contribution in [0.15, 0.2) is 10.2 Å². The van der Waals surface area contributed by atoms with E-state index in [1.165, 1.54) is 101 Å². The number of rotatable bonds is 1. The van der Waals surface area contributed by atoms with Gasteiger partial charge in [-0.2, -0.15) is 10.2 Å². The highest BCUT2D eigenvalue weighted by Gasteiger charge is 2.61. The Labute approximate surface area is 256 Å². The Kier molecular flexibility index (Phi) is 6.75. The van der Waals surface area contributed by atoms with E-state index in [1.807, 2.05) is 0 Å². The number of nitrogens with zero attached hydrogens (tertiary/aromatic N) is 2. The minimum Gasteiger partial charge on any atom is -0.393 e. The maximum absolute atomic E-state index is 10.8. The van der Waals surface area contributed by atoms with Crippen LogP contribution in [0.4, 0.5) is 0 Å². The van der Waals surface area contributed by atoms with Gasteiger partial charge in [-0.1, -0.05) is 27.7 Å². The van der Waals surface area contributed by atoms with Crippen LogP contribution in [0.25, 0.3) is 0 Å². The lowest BCUT2D eigenvalue weighted by Crippen LogP contribution is -2.54. The van der Waals surface area contributed by atoms with Crippen LogP contribution in [0.1, 0.15) is 143 Å². The fourth-order valence-electron chi connectivity index (χ4n) is 14.4. The summed E-state index contributed by atoms with van der Waals surface area (Å²) in [6, 6.07) is 0. The minimum atomic E-state index is -0.0642. The SMILES string of the molecule is CC12CCC3C(CCC4CC(=NN=C5CCC6(C)C(CCC7C8CCC(O)C8(C)CCC76)C5)CCC43C)C1CCC2O. The summed E-state index contributed by atoms with van der Waals surface area (Å²) in [7, 11) is 0. The lowest BCUT2D eigenvalue weighted by atomic mass is 9.45. The molecule has 0 bridgehead atoms. The van der Waals surface area contributed by atoms with E-state index in [-0.39, 0.29) is 23.0 Å². The molecule has 0 radical (unpaired) electrons. The quantitative estimate of drug-likeness (QED) is 0.307. The van der Waals surface area contributed by atoms with Crippen molar-refractivity contribution in [1.29, 1.82) is 0 Å². The topological polar surface area (TPSA) is 65.2 Å². The van der Waals surface area contributed by atoms with Gasteiger partial charge in [0.25, 0.3) is 0 Å². The Hall–Kier alpha value is -0.740. The van der Waals surface area contributed by atoms with Gasteiger partial charge < -0.3 is 10.2 Å². The standard InChI is InChI=1S/C38H60N2O2/c1-35-17-13-25(21-23(35)5-7-27-29-9-11-33(41)37(29,3)19-15-31(27)35)39-40-26-14-18-36(2)24(22-26)6-8-28-30-10-12-34(42)38(30,4)20-16-32(28)36/h23-24,27-34,41-42H,5-22H2,1-4H3. The van der Waals surface area contributed by atoms with Crippen LogP contribution in [0.3, 0.4) is 0 Å². The number of fused-ring (bicyclic) bond motifs is 10. The van der Waals surface area contributed by atoms with Crippen molar-refractivity contribution in [2.24, 2.45) is 79.2 Å². The van der Waals surface area contributed by atoms with Crippen molar-refractivity contribution in [3.63, 3.8) is 0 Å². The van der Waals surface area contributed by atoms with Crippen molar-refractivity contribution >= 4 is 11.4 Å². The molecule has 0 spiro atoms. The average Bonchev–Trinajstić information content (AvgIpc) is 3.46. The second kappa shape index (κ2) is 9.88. The summed E-state index contributed by atoms with van der Waals surface area (Å²) >= 11 is 0. The summed E-state index contributed by atoms with van der Waals surface area (Å²) in [5.41, 5.74) is 4.08. The average molecular weight is 577 g/mol. The molecule has 0 heterocycles. The first-order chi connectivity index (χ1) is 20.1. The molecule has 4 heteroatoms. The van der Waals surface area contributed by atoms with Crippen molar-refractivity contribution in [2.45, 2.75) is 155 Å². The van der Waals surface area contributed by atoms with Crippen LogP contribution in [0, 0.1) is 69.0 Å². The van der Waals surface area contributed by atoms with Crippen LogP contribution in [-0.2, 0) is 0 Å². The molecule has 0 aromatic heterocycles. The molecule has 0 aromatic rings. The van der Waals surface area contributed by atoms with Gasteiger partial charge in [-0.15, -0.1) is 0 Å². The third-order valence-corrected chi connectivity index (χ3v) is 17.2. The molecule has 42 heavy (non-hydrogen) atoms. The fourth-order valence-corrected chi connectivity index (χ4v) is 14.4. The van der Waals surface area contributed by atoms with Crippen LogP contribution in [0.5, 0.6) is 0 Å². The second-order valence-electron chi connectivity index (χ2n) is 18.3. The Balaban J connectivity index is 0.928. The number of aliphatic hydroxyl groups is 2. The molecule has 0 aliphatic heterocycles. The van der Waals surface area contributed by atoms with Gasteiger partial charge in [0.1, 0.15) is 0 Å². The van der Waals surface area contributed by atoms with Gasteiger partial charge in [-0.25, -0.2) is 0 Å². The Morgan fingerprint density at radius 1 is 0.476 bits per heavy atom. The maximum Gasteiger partial charge on any atom is 0.0596 e. The number of hydrogen-bond acceptors (Lipinski definition) is 4. The fraction of sp³-hybridized carbons (Fsp3) is 0.947. The Morgan fingerprint density at radius 3 is 1.31 bits per heavy atom. The maximum atomic E-state index is 10.8. The number of aliphatic hydroxyl groups excluding tert-OH is 2. The molecule has 4 nitrogen and oxygen atoms in total. The van der Waals surface area contributed by atoms with Gasteiger partial charge in [-0.05, 0) is 185 Å². The van der Waals surface area contributed by atoms with Gasteiger partial charge in [0.15, 0.2) is 0 Å². The largest absolute Gasteiger partial charge is 0.393 e. The third-order valence-electron chi connectivity index (χ3n) is 17.2. The van der Waals surface area contributed by atoms with Crippen LogP contribution in [-0.4, -0.2) is 33.8 Å². The molecule has 14 unspecified atom stereocenters. The van der Waals surface area contributed by atoms with Gasteiger partial charge in [0.2, 0.25) is 0 Å². The molecule has 8 aliphatic rings. The zero-order chi connectivity index (χ0) is 29.1. The van der Waals surface area contributed by atoms with E-state index in [0.717, 1.165) is 73.0 Å². The van der Waals surface area contributed by atoms with E-state index in [1.54, 1.807) is 0 Å². The van der Waals surface area contributed by atoms with Crippen molar-refractivity contribution in [1.82, 2.24) is 0 Å². The van der Waals surface area contributed by atoms with E-state index < -0.39 is 0 Å². The Morgan fingerprint density at radius 2 is 0.881 bits per heavy atom. The van der Waals surface area contributed by atoms with E-state index in [4.69, 9.17) is 10.2 Å². The van der Waals surface area contributed by atoms with Gasteiger partial charge in [0.05, 0.1) is 12.2 Å². The molecule has 0 saturated heterocycles. The molecule has 8 saturated carbocycles. The van der Waals surface area contributed by atoms with Gasteiger partial charge >= 0.3 is 0 Å². The van der Waals surface area contributed by atoms with Crippen molar-refractivity contribution in [3.05, 3.63) is 0 Å². The highest BCUT2D eigenvalue weighted by molar-refractivity contribution is 5.89. The first kappa shape index (κ1) is 28.7. The van der Waals surface area contributed by atoms with E-state index in [0.29, 0.717) is 10.8 Å². The molecule has 0 aromatic carbocycles. The van der Waals surface area contributed by atoms with Crippen molar-refractivity contribution < 1.29 is 10.2 Å². The van der Waals surface area contributed by atoms with Crippen LogP contribution >= 0.6 is 0 Å². The normalized spacial score (nSPS) is 58.9. The van der Waals surface area contributed by atoms with Crippen molar-refractivity contribution in [2.75, 3.05) is 0 Å². The minimum absolute atomic E-state index is 0.0642. The summed E-state index contributed by atoms with van der Waals surface area (Å²) in [6.07, 6.45) is 22.3. The Bertz CT molecular complexity index is 1060. The summed E-state index contributed by atoms with van der Waals surface area (Å²) < 4.78 is 0. The summed E-state index contributed by atoms with van der Waals surface area (Å²) in [6.45, 7) is 10.1. The third kappa shape index (κ3) is 3.97. The van der Waals surface area contributed by atoms with Crippen LogP contribution < -0.4 is 0 Å². The van der Waals surface area contributed by atoms with Crippen LogP contribution in [0.2, 0.25) is 0 Å². The molecular weight excluding hydrogens is 516 g/mol. The number of hydrogen-bond donors (Lipinski definition) is 2. The zero-order valence-corrected chi connectivity index (χ0v) is 27.3. The predicted molar refractivity (Wildman–Crippen MR) is 170 cm³/mol. The molecule has 2 N–H and O–H groups in total. The van der Waals surface area contributed by atoms with E-state index in [2.05, 4.69) is 27.7 Å². The molecule has 0 amide bonds. The lowest BCUT2D eigenvalue weighted by molar-refractivity contribution is -0.112. The molecule has 8 aliphatic carbocycles. The lowest BCUT2D eigenvalue weighted by Gasteiger charge is -2.60. The highest BCUT2D eigenvalue weighted by atomic mass is 16.3. The van der Waals surface area contributed by atoms with Gasteiger partial charge in [0, 0.05) is 11.4 Å². The summed E-state index contributed by atoms with van der Waals surface area (Å²) in [5, 5.41) is 31.7. The molecular formula is C38H60N2O2. The zero-order valence-electron chi connectivity index (χ0n) is 27.3. The monoisotopic (exact) mass is 576 g/mol. The summed E-state index contributed by atoms with van der Waals surface area (Å²) in [5.74, 6) is 6.43. The predicted octanol–water partition coefficient (Wildman–Crippen LogP) is 8.59. The second-order valence-corrected chi connectivity index (χ2v) is 18.3. The molecule has 14 atom stereocenters. The first-order valence-corrected chi connectivity index (χ1v) is 18.5. The van der Waals surface area contributed by atoms with Crippen molar-refractivity contribution in [3.8, 4) is 0 Å². The van der Waals surface area contributed by atoms with E-state index in [9.17, 15) is 10.2 Å². The van der Waals surface area contributed by atoms with Gasteiger partial charge in [-0.3, -0.25) is 0 Å². The van der Waals surface area contributed by atoms with E-state index >= 15 is 0 Å². The highest BCUT2D eigenvalue weighted by Crippen LogP contribution is 2.67. The molecule has 8 rings (SSSR count). The summed E-state index contributed by atoms with van der Waals surface area (Å²) in [4.78, 5) is 0.